The maximum atomic E-state index is 10.8. The summed E-state index contributed by atoms with van der Waals surface area (Å²) in [5.74, 6) is 1.01. The smallest absolute Gasteiger partial charge is 0.342 e. The average Bonchev–Trinajstić information content (AvgIpc) is 2.93. The molecular weight excluding hydrogens is 258 g/mol. The maximum Gasteiger partial charge on any atom is 0.342 e. The molecule has 0 aliphatic carbocycles. The van der Waals surface area contributed by atoms with Gasteiger partial charge < -0.3 is 14.5 Å². The number of nitrogens with zero attached hydrogens (tertiary/aromatic N) is 5. The van der Waals surface area contributed by atoms with Crippen LogP contribution in [0.3, 0.4) is 0 Å². The molecule has 2 rings (SSSR count). The number of imidazole rings is 1. The summed E-state index contributed by atoms with van der Waals surface area (Å²) >= 11 is 4.33. The summed E-state index contributed by atoms with van der Waals surface area (Å²) in [5, 5.41) is 17.8. The van der Waals surface area contributed by atoms with E-state index in [0.29, 0.717) is 18.3 Å². The zero-order chi connectivity index (χ0) is 13.3. The molecular formula is C9H11N5O3S. The van der Waals surface area contributed by atoms with E-state index < -0.39 is 10.2 Å². The Morgan fingerprint density at radius 1 is 1.61 bits per heavy atom. The van der Waals surface area contributed by atoms with Crippen LogP contribution in [0, 0.1) is 17.0 Å². The molecule has 0 bridgehead atoms. The van der Waals surface area contributed by atoms with Gasteiger partial charge in [0.25, 0.3) is 0 Å². The molecule has 1 unspecified atom stereocenters. The predicted octanol–water partition coefficient (Wildman–Crippen LogP) is 1.52. The van der Waals surface area contributed by atoms with Crippen LogP contribution in [0.2, 0.25) is 0 Å². The SMILES string of the molecule is CCn1c([N+](=O)[O-])cnc1C(S)c1nnc(C)o1. The van der Waals surface area contributed by atoms with Crippen molar-refractivity contribution in [2.24, 2.45) is 0 Å². The van der Waals surface area contributed by atoms with Crippen molar-refractivity contribution in [1.29, 1.82) is 0 Å². The predicted molar refractivity (Wildman–Crippen MR) is 64.4 cm³/mol. The van der Waals surface area contributed by atoms with E-state index in [1.54, 1.807) is 13.8 Å². The zero-order valence-electron chi connectivity index (χ0n) is 9.77. The van der Waals surface area contributed by atoms with Gasteiger partial charge >= 0.3 is 5.82 Å². The summed E-state index contributed by atoms with van der Waals surface area (Å²) < 4.78 is 6.70. The summed E-state index contributed by atoms with van der Waals surface area (Å²) in [7, 11) is 0. The van der Waals surface area contributed by atoms with Gasteiger partial charge in [0.15, 0.2) is 5.25 Å². The second-order valence-electron chi connectivity index (χ2n) is 3.54. The highest BCUT2D eigenvalue weighted by atomic mass is 32.1. The second kappa shape index (κ2) is 4.77. The van der Waals surface area contributed by atoms with Crippen molar-refractivity contribution in [2.45, 2.75) is 25.6 Å². The number of nitro groups is 1. The highest BCUT2D eigenvalue weighted by molar-refractivity contribution is 7.80. The number of aryl methyl sites for hydroxylation is 1. The van der Waals surface area contributed by atoms with Gasteiger partial charge in [0.05, 0.1) is 6.54 Å². The third kappa shape index (κ3) is 2.08. The fourth-order valence-corrected chi connectivity index (χ4v) is 1.91. The number of rotatable bonds is 4. The molecule has 2 heterocycles. The molecule has 0 amide bonds. The third-order valence-corrected chi connectivity index (χ3v) is 2.84. The number of hydrogen-bond donors (Lipinski definition) is 1. The summed E-state index contributed by atoms with van der Waals surface area (Å²) in [4.78, 5) is 14.3. The Hall–Kier alpha value is -1.90. The van der Waals surface area contributed by atoms with E-state index in [4.69, 9.17) is 4.42 Å². The van der Waals surface area contributed by atoms with Gasteiger partial charge in [0.1, 0.15) is 6.20 Å². The second-order valence-corrected chi connectivity index (χ2v) is 4.05. The lowest BCUT2D eigenvalue weighted by atomic mass is 10.4. The quantitative estimate of drug-likeness (QED) is 0.513. The topological polar surface area (TPSA) is 99.9 Å². The van der Waals surface area contributed by atoms with E-state index in [9.17, 15) is 10.1 Å². The van der Waals surface area contributed by atoms with Gasteiger partial charge in [0, 0.05) is 6.92 Å². The summed E-state index contributed by atoms with van der Waals surface area (Å²) in [5.41, 5.74) is 0. The highest BCUT2D eigenvalue weighted by Crippen LogP contribution is 2.28. The van der Waals surface area contributed by atoms with Crippen molar-refractivity contribution in [3.05, 3.63) is 33.9 Å². The van der Waals surface area contributed by atoms with E-state index in [2.05, 4.69) is 27.8 Å². The van der Waals surface area contributed by atoms with E-state index in [0.717, 1.165) is 0 Å². The van der Waals surface area contributed by atoms with Crippen molar-refractivity contribution in [1.82, 2.24) is 19.7 Å². The fourth-order valence-electron chi connectivity index (χ4n) is 1.60. The molecule has 8 nitrogen and oxygen atoms in total. The largest absolute Gasteiger partial charge is 0.424 e. The zero-order valence-corrected chi connectivity index (χ0v) is 10.7. The van der Waals surface area contributed by atoms with Gasteiger partial charge in [-0.2, -0.15) is 12.6 Å². The molecule has 0 radical (unpaired) electrons. The first-order valence-corrected chi connectivity index (χ1v) is 5.74. The standard InChI is InChI=1S/C9H11N5O3S/c1-3-13-6(14(15)16)4-10-8(13)7(18)9-12-11-5(2)17-9/h4,7,18H,3H2,1-2H3. The first kappa shape index (κ1) is 12.6. The lowest BCUT2D eigenvalue weighted by molar-refractivity contribution is -0.392. The van der Waals surface area contributed by atoms with Gasteiger partial charge in [-0.1, -0.05) is 0 Å². The fraction of sp³-hybridized carbons (Fsp3) is 0.444. The van der Waals surface area contributed by atoms with Crippen molar-refractivity contribution in [3.63, 3.8) is 0 Å². The lowest BCUT2D eigenvalue weighted by Crippen LogP contribution is -2.08. The van der Waals surface area contributed by atoms with E-state index in [1.165, 1.54) is 10.8 Å². The molecule has 2 aromatic heterocycles. The summed E-state index contributed by atoms with van der Waals surface area (Å²) in [6.45, 7) is 3.86. The van der Waals surface area contributed by atoms with Crippen LogP contribution in [0.25, 0.3) is 0 Å². The van der Waals surface area contributed by atoms with E-state index in [1.807, 2.05) is 0 Å². The Labute approximate surface area is 108 Å². The Balaban J connectivity index is 2.42. The molecule has 9 heteroatoms. The van der Waals surface area contributed by atoms with E-state index >= 15 is 0 Å². The maximum absolute atomic E-state index is 10.8. The number of hydrogen-bond acceptors (Lipinski definition) is 7. The van der Waals surface area contributed by atoms with Crippen LogP contribution in [0.5, 0.6) is 0 Å². The Morgan fingerprint density at radius 3 is 2.83 bits per heavy atom. The highest BCUT2D eigenvalue weighted by Gasteiger charge is 2.28. The van der Waals surface area contributed by atoms with Crippen LogP contribution >= 0.6 is 12.6 Å². The van der Waals surface area contributed by atoms with Gasteiger partial charge in [-0.05, 0) is 11.8 Å². The Bertz CT molecular complexity index is 579. The van der Waals surface area contributed by atoms with Crippen molar-refractivity contribution in [3.8, 4) is 0 Å². The van der Waals surface area contributed by atoms with Crippen LogP contribution in [-0.4, -0.2) is 24.7 Å². The van der Waals surface area contributed by atoms with Crippen molar-refractivity contribution >= 4 is 18.4 Å². The number of aromatic nitrogens is 4. The van der Waals surface area contributed by atoms with Crippen molar-refractivity contribution in [2.75, 3.05) is 0 Å². The Kier molecular flexibility index (Phi) is 3.32. The molecule has 2 aromatic rings. The number of thiol groups is 1. The third-order valence-electron chi connectivity index (χ3n) is 2.39. The minimum atomic E-state index is -0.583. The van der Waals surface area contributed by atoms with Crippen molar-refractivity contribution < 1.29 is 9.34 Å². The van der Waals surface area contributed by atoms with Gasteiger partial charge in [-0.15, -0.1) is 10.2 Å². The molecule has 0 saturated carbocycles. The Morgan fingerprint density at radius 2 is 2.33 bits per heavy atom. The molecule has 0 fully saturated rings. The van der Waals surface area contributed by atoms with Crippen LogP contribution in [0.1, 0.15) is 29.8 Å². The van der Waals surface area contributed by atoms with E-state index in [-0.39, 0.29) is 11.7 Å². The first-order chi connectivity index (χ1) is 8.54. The normalized spacial score (nSPS) is 12.6. The molecule has 18 heavy (non-hydrogen) atoms. The first-order valence-electron chi connectivity index (χ1n) is 5.22. The monoisotopic (exact) mass is 269 g/mol. The van der Waals surface area contributed by atoms with Crippen LogP contribution in [0.15, 0.2) is 10.6 Å². The molecule has 0 aliphatic rings. The molecule has 96 valence electrons. The molecule has 0 N–H and O–H groups in total. The molecule has 0 aromatic carbocycles. The lowest BCUT2D eigenvalue weighted by Gasteiger charge is -2.04. The molecule has 0 saturated heterocycles. The summed E-state index contributed by atoms with van der Waals surface area (Å²) in [6.07, 6.45) is 1.20. The van der Waals surface area contributed by atoms with Gasteiger partial charge in [-0.3, -0.25) is 0 Å². The minimum absolute atomic E-state index is 0.0808. The van der Waals surface area contributed by atoms with Gasteiger partial charge in [0.2, 0.25) is 17.6 Å². The van der Waals surface area contributed by atoms with Crippen LogP contribution in [-0.2, 0) is 6.54 Å². The molecule has 1 atom stereocenters. The molecule has 0 aliphatic heterocycles. The summed E-state index contributed by atoms with van der Waals surface area (Å²) in [6, 6.07) is 0. The molecule has 0 spiro atoms. The average molecular weight is 269 g/mol. The minimum Gasteiger partial charge on any atom is -0.424 e. The van der Waals surface area contributed by atoms with Crippen LogP contribution in [0.4, 0.5) is 5.82 Å². The van der Waals surface area contributed by atoms with Gasteiger partial charge in [-0.25, -0.2) is 9.55 Å². The van der Waals surface area contributed by atoms with Crippen LogP contribution < -0.4 is 0 Å².